The van der Waals surface area contributed by atoms with Gasteiger partial charge in [0.05, 0.1) is 11.7 Å². The number of hydrogen-bond donors (Lipinski definition) is 0. The van der Waals surface area contributed by atoms with Crippen LogP contribution in [0.3, 0.4) is 0 Å². The Labute approximate surface area is 136 Å². The van der Waals surface area contributed by atoms with Gasteiger partial charge < -0.3 is 4.74 Å². The average Bonchev–Trinajstić information content (AvgIpc) is 2.38. The van der Waals surface area contributed by atoms with Crippen LogP contribution in [0.15, 0.2) is 12.7 Å². The Morgan fingerprint density at radius 2 is 1.24 bits per heavy atom. The number of rotatable bonds is 5. The molecule has 1 heteroatoms. The molecule has 0 aliphatic carbocycles. The van der Waals surface area contributed by atoms with Crippen molar-refractivity contribution in [3.63, 3.8) is 0 Å². The van der Waals surface area contributed by atoms with E-state index in [9.17, 15) is 0 Å². The van der Waals surface area contributed by atoms with Crippen LogP contribution in [0.25, 0.3) is 0 Å². The summed E-state index contributed by atoms with van der Waals surface area (Å²) in [6.07, 6.45) is 5.77. The minimum Gasteiger partial charge on any atom is -0.372 e. The zero-order valence-electron chi connectivity index (χ0n) is 17.0. The van der Waals surface area contributed by atoms with Crippen molar-refractivity contribution in [1.29, 1.82) is 0 Å². The maximum absolute atomic E-state index is 5.87. The van der Waals surface area contributed by atoms with Crippen molar-refractivity contribution in [2.75, 3.05) is 0 Å². The maximum Gasteiger partial charge on any atom is 0.0627 e. The lowest BCUT2D eigenvalue weighted by molar-refractivity contribution is -0.0785. The minimum absolute atomic E-state index is 0.00329. The van der Waals surface area contributed by atoms with E-state index in [1.54, 1.807) is 0 Å². The van der Waals surface area contributed by atoms with Crippen LogP contribution in [0.2, 0.25) is 0 Å². The van der Waals surface area contributed by atoms with E-state index >= 15 is 0 Å². The quantitative estimate of drug-likeness (QED) is 0.485. The first-order chi connectivity index (χ1) is 9.40. The molecule has 0 N–H and O–H groups in total. The first kappa shape index (κ1) is 25.6. The van der Waals surface area contributed by atoms with Gasteiger partial charge in [-0.15, -0.1) is 6.58 Å². The Morgan fingerprint density at radius 3 is 1.43 bits per heavy atom. The fourth-order valence-electron chi connectivity index (χ4n) is 0.886. The van der Waals surface area contributed by atoms with Crippen LogP contribution in [-0.2, 0) is 4.74 Å². The smallest absolute Gasteiger partial charge is 0.0627 e. The molecule has 0 amide bonds. The molecule has 0 rings (SSSR count). The Bertz CT molecular complexity index is 222. The van der Waals surface area contributed by atoms with Crippen molar-refractivity contribution in [1.82, 2.24) is 0 Å². The summed E-state index contributed by atoms with van der Waals surface area (Å²) in [6, 6.07) is 0. The van der Waals surface area contributed by atoms with E-state index in [1.165, 1.54) is 12.8 Å². The van der Waals surface area contributed by atoms with Gasteiger partial charge in [0.25, 0.3) is 0 Å². The van der Waals surface area contributed by atoms with Crippen LogP contribution < -0.4 is 0 Å². The van der Waals surface area contributed by atoms with E-state index in [-0.39, 0.29) is 11.7 Å². The highest BCUT2D eigenvalue weighted by atomic mass is 16.5. The molecule has 0 aromatic rings. The van der Waals surface area contributed by atoms with E-state index in [4.69, 9.17) is 4.74 Å². The van der Waals surface area contributed by atoms with Gasteiger partial charge in [-0.25, -0.2) is 0 Å². The Balaban J connectivity index is -0.000000300. The van der Waals surface area contributed by atoms with Crippen molar-refractivity contribution in [2.24, 2.45) is 11.3 Å². The van der Waals surface area contributed by atoms with Crippen molar-refractivity contribution in [3.8, 4) is 0 Å². The summed E-state index contributed by atoms with van der Waals surface area (Å²) in [5.41, 5.74) is 0.538. The molecule has 1 nitrogen and oxygen atoms in total. The van der Waals surface area contributed by atoms with Crippen LogP contribution in [0.4, 0.5) is 0 Å². The second-order valence-electron chi connectivity index (χ2n) is 7.65. The van der Waals surface area contributed by atoms with Crippen molar-refractivity contribution >= 4 is 0 Å². The third-order valence-corrected chi connectivity index (χ3v) is 3.53. The second kappa shape index (κ2) is 13.4. The van der Waals surface area contributed by atoms with Crippen LogP contribution in [0.5, 0.6) is 0 Å². The lowest BCUT2D eigenvalue weighted by Crippen LogP contribution is -2.31. The van der Waals surface area contributed by atoms with Crippen LogP contribution in [0, 0.1) is 11.3 Å². The molecule has 0 spiro atoms. The van der Waals surface area contributed by atoms with Crippen molar-refractivity contribution in [3.05, 3.63) is 12.7 Å². The number of hydrogen-bond acceptors (Lipinski definition) is 1. The molecular weight excluding hydrogens is 256 g/mol. The molecule has 0 aromatic heterocycles. The third kappa shape index (κ3) is 22.1. The molecule has 21 heavy (non-hydrogen) atoms. The highest BCUT2D eigenvalue weighted by Gasteiger charge is 2.21. The summed E-state index contributed by atoms with van der Waals surface area (Å²) in [4.78, 5) is 0. The van der Waals surface area contributed by atoms with Gasteiger partial charge in [-0.2, -0.15) is 0 Å². The first-order valence-corrected chi connectivity index (χ1v) is 8.70. The third-order valence-electron chi connectivity index (χ3n) is 3.53. The van der Waals surface area contributed by atoms with Gasteiger partial charge in [0, 0.05) is 0 Å². The molecule has 0 aromatic carbocycles. The average molecular weight is 301 g/mol. The van der Waals surface area contributed by atoms with Crippen molar-refractivity contribution in [2.45, 2.75) is 107 Å². The Hall–Kier alpha value is -0.300. The van der Waals surface area contributed by atoms with Gasteiger partial charge in [0.2, 0.25) is 0 Å². The zero-order valence-corrected chi connectivity index (χ0v) is 17.0. The molecule has 2 atom stereocenters. The predicted octanol–water partition coefficient (Wildman–Crippen LogP) is 7.26. The first-order valence-electron chi connectivity index (χ1n) is 8.70. The Kier molecular flexibility index (Phi) is 16.3. The SMILES string of the molecule is C=CC(C)C(C)OC(C)(C)CC.CCC.CCC(C)(C)C. The van der Waals surface area contributed by atoms with Gasteiger partial charge in [0.1, 0.15) is 0 Å². The Morgan fingerprint density at radius 1 is 0.905 bits per heavy atom. The molecule has 0 radical (unpaired) electrons. The summed E-state index contributed by atoms with van der Waals surface area (Å²) < 4.78 is 5.87. The van der Waals surface area contributed by atoms with Crippen LogP contribution in [-0.4, -0.2) is 11.7 Å². The zero-order chi connectivity index (χ0) is 17.7. The van der Waals surface area contributed by atoms with Crippen LogP contribution in [0.1, 0.15) is 95.4 Å². The fourth-order valence-corrected chi connectivity index (χ4v) is 0.886. The highest BCUT2D eigenvalue weighted by molar-refractivity contribution is 4.81. The molecule has 0 fully saturated rings. The summed E-state index contributed by atoms with van der Waals surface area (Å²) in [6.45, 7) is 27.6. The molecule has 0 aliphatic heterocycles. The van der Waals surface area contributed by atoms with Crippen LogP contribution >= 0.6 is 0 Å². The molecule has 0 bridgehead atoms. The van der Waals surface area contributed by atoms with Gasteiger partial charge >= 0.3 is 0 Å². The summed E-state index contributed by atoms with van der Waals surface area (Å²) in [5, 5.41) is 0. The molecule has 2 unspecified atom stereocenters. The minimum atomic E-state index is -0.00329. The van der Waals surface area contributed by atoms with Gasteiger partial charge in [-0.3, -0.25) is 0 Å². The highest BCUT2D eigenvalue weighted by Crippen LogP contribution is 2.20. The van der Waals surface area contributed by atoms with Gasteiger partial charge in [0.15, 0.2) is 0 Å². The summed E-state index contributed by atoms with van der Waals surface area (Å²) in [5.74, 6) is 0.427. The fraction of sp³-hybridized carbons (Fsp3) is 0.900. The van der Waals surface area contributed by atoms with E-state index in [1.807, 2.05) is 6.08 Å². The van der Waals surface area contributed by atoms with E-state index < -0.39 is 0 Å². The standard InChI is InChI=1S/C11H22O.C6H14.C3H8/c1-7-9(3)10(4)12-11(5,6)8-2;1-5-6(2,3)4;1-3-2/h7,9-10H,1,8H2,2-6H3;5H2,1-4H3;3H2,1-2H3. The van der Waals surface area contributed by atoms with E-state index in [0.717, 1.165) is 6.42 Å². The summed E-state index contributed by atoms with van der Waals surface area (Å²) >= 11 is 0. The van der Waals surface area contributed by atoms with E-state index in [0.29, 0.717) is 11.3 Å². The molecule has 0 saturated heterocycles. The molecule has 0 heterocycles. The topological polar surface area (TPSA) is 9.23 Å². The monoisotopic (exact) mass is 300 g/mol. The van der Waals surface area contributed by atoms with Gasteiger partial charge in [-0.1, -0.05) is 74.3 Å². The molecule has 0 aliphatic rings. The number of ether oxygens (including phenoxy) is 1. The van der Waals surface area contributed by atoms with Crippen molar-refractivity contribution < 1.29 is 4.74 Å². The maximum atomic E-state index is 5.87. The summed E-state index contributed by atoms with van der Waals surface area (Å²) in [7, 11) is 0. The predicted molar refractivity (Wildman–Crippen MR) is 100.0 cm³/mol. The molecular formula is C20H44O. The van der Waals surface area contributed by atoms with Gasteiger partial charge in [-0.05, 0) is 38.5 Å². The molecule has 130 valence electrons. The largest absolute Gasteiger partial charge is 0.372 e. The lowest BCUT2D eigenvalue weighted by Gasteiger charge is -2.30. The van der Waals surface area contributed by atoms with E-state index in [2.05, 4.69) is 82.7 Å². The second-order valence-corrected chi connectivity index (χ2v) is 7.65. The lowest BCUT2D eigenvalue weighted by atomic mass is 9.94. The normalized spacial score (nSPS) is 14.0. The molecule has 0 saturated carbocycles.